The minimum atomic E-state index is 0.0529. The van der Waals surface area contributed by atoms with Crippen LogP contribution in [-0.4, -0.2) is 81.4 Å². The van der Waals surface area contributed by atoms with Gasteiger partial charge in [0.25, 0.3) is 5.91 Å². The van der Waals surface area contributed by atoms with Crippen LogP contribution >= 0.6 is 23.1 Å². The minimum absolute atomic E-state index is 0.0529. The van der Waals surface area contributed by atoms with Gasteiger partial charge in [-0.1, -0.05) is 35.5 Å². The number of hydrogen-bond acceptors (Lipinski definition) is 7. The molecule has 0 N–H and O–H groups in total. The van der Waals surface area contributed by atoms with Crippen LogP contribution in [-0.2, 0) is 4.79 Å². The molecule has 2 saturated heterocycles. The molecule has 0 aliphatic carbocycles. The molecule has 3 aromatic rings. The van der Waals surface area contributed by atoms with Gasteiger partial charge in [0.15, 0.2) is 5.16 Å². The van der Waals surface area contributed by atoms with Crippen LogP contribution in [0, 0.1) is 6.92 Å². The largest absolute Gasteiger partial charge is 0.341 e. The second-order valence-electron chi connectivity index (χ2n) is 8.59. The zero-order valence-corrected chi connectivity index (χ0v) is 20.9. The molecule has 0 spiro atoms. The zero-order chi connectivity index (χ0) is 23.5. The Labute approximate surface area is 207 Å². The molecular weight excluding hydrogens is 468 g/mol. The Balaban J connectivity index is 1.24. The van der Waals surface area contributed by atoms with E-state index in [-0.39, 0.29) is 11.8 Å². The normalized spacial score (nSPS) is 16.3. The first-order chi connectivity index (χ1) is 16.6. The van der Waals surface area contributed by atoms with Crippen molar-refractivity contribution in [2.45, 2.75) is 24.9 Å². The van der Waals surface area contributed by atoms with Crippen molar-refractivity contribution < 1.29 is 9.59 Å². The Morgan fingerprint density at radius 2 is 1.65 bits per heavy atom. The van der Waals surface area contributed by atoms with Crippen LogP contribution in [0.2, 0.25) is 0 Å². The Morgan fingerprint density at radius 3 is 2.32 bits per heavy atom. The number of aryl methyl sites for hydroxylation is 1. The van der Waals surface area contributed by atoms with Gasteiger partial charge in [-0.25, -0.2) is 0 Å². The fourth-order valence-electron chi connectivity index (χ4n) is 4.33. The van der Waals surface area contributed by atoms with E-state index in [0.29, 0.717) is 31.9 Å². The smallest absolute Gasteiger partial charge is 0.264 e. The summed E-state index contributed by atoms with van der Waals surface area (Å²) in [4.78, 5) is 32.2. The van der Waals surface area contributed by atoms with Crippen LogP contribution in [0.4, 0.5) is 5.95 Å². The van der Waals surface area contributed by atoms with Gasteiger partial charge in [-0.2, -0.15) is 0 Å². The van der Waals surface area contributed by atoms with Gasteiger partial charge in [-0.05, 0) is 43.3 Å². The summed E-state index contributed by atoms with van der Waals surface area (Å²) < 4.78 is 2.07. The standard InChI is InChI=1S/C24H28N6O2S2/c1-18-6-8-19(9-7-18)30-23(29-10-2-3-11-29)25-26-24(30)34-17-21(31)27-12-14-28(15-13-27)22(32)20-5-4-16-33-20/h4-9,16H,2-3,10-15,17H2,1H3. The summed E-state index contributed by atoms with van der Waals surface area (Å²) in [5.41, 5.74) is 2.20. The average Bonchev–Trinajstić information content (AvgIpc) is 3.64. The fourth-order valence-corrected chi connectivity index (χ4v) is 5.87. The maximum absolute atomic E-state index is 13.0. The molecule has 178 valence electrons. The van der Waals surface area contributed by atoms with Crippen LogP contribution < -0.4 is 4.90 Å². The number of amides is 2. The van der Waals surface area contributed by atoms with Crippen molar-refractivity contribution in [2.75, 3.05) is 49.9 Å². The van der Waals surface area contributed by atoms with Gasteiger partial charge in [0.05, 0.1) is 16.3 Å². The Bertz CT molecular complexity index is 1130. The fraction of sp³-hybridized carbons (Fsp3) is 0.417. The van der Waals surface area contributed by atoms with E-state index in [1.165, 1.54) is 28.7 Å². The third-order valence-corrected chi connectivity index (χ3v) is 8.05. The predicted molar refractivity (Wildman–Crippen MR) is 135 cm³/mol. The molecule has 2 aromatic heterocycles. The highest BCUT2D eigenvalue weighted by atomic mass is 32.2. The second-order valence-corrected chi connectivity index (χ2v) is 10.5. The number of hydrogen-bond donors (Lipinski definition) is 0. The van der Waals surface area contributed by atoms with Crippen LogP contribution in [0.3, 0.4) is 0 Å². The highest BCUT2D eigenvalue weighted by Gasteiger charge is 2.27. The summed E-state index contributed by atoms with van der Waals surface area (Å²) in [5, 5.41) is 11.6. The number of nitrogens with zero attached hydrogens (tertiary/aromatic N) is 6. The number of aromatic nitrogens is 3. The van der Waals surface area contributed by atoms with Crippen LogP contribution in [0.25, 0.3) is 5.69 Å². The molecule has 4 heterocycles. The van der Waals surface area contributed by atoms with E-state index in [4.69, 9.17) is 0 Å². The van der Waals surface area contributed by atoms with Crippen molar-refractivity contribution >= 4 is 40.9 Å². The maximum atomic E-state index is 13.0. The van der Waals surface area contributed by atoms with E-state index in [1.807, 2.05) is 27.3 Å². The third kappa shape index (κ3) is 4.83. The van der Waals surface area contributed by atoms with E-state index in [0.717, 1.165) is 47.6 Å². The number of carbonyl (C=O) groups is 2. The molecule has 8 nitrogen and oxygen atoms in total. The van der Waals surface area contributed by atoms with Gasteiger partial charge in [0.2, 0.25) is 11.9 Å². The summed E-state index contributed by atoms with van der Waals surface area (Å²) in [6.45, 7) is 6.25. The van der Waals surface area contributed by atoms with E-state index in [2.05, 4.69) is 50.9 Å². The Morgan fingerprint density at radius 1 is 0.941 bits per heavy atom. The van der Waals surface area contributed by atoms with Gasteiger partial charge in [0.1, 0.15) is 0 Å². The molecule has 0 saturated carbocycles. The maximum Gasteiger partial charge on any atom is 0.264 e. The number of thiophene rings is 1. The Kier molecular flexibility index (Phi) is 6.87. The van der Waals surface area contributed by atoms with E-state index in [9.17, 15) is 9.59 Å². The number of carbonyl (C=O) groups excluding carboxylic acids is 2. The average molecular weight is 497 g/mol. The number of anilines is 1. The lowest BCUT2D eigenvalue weighted by molar-refractivity contribution is -0.129. The topological polar surface area (TPSA) is 74.6 Å². The Hall–Kier alpha value is -2.85. The predicted octanol–water partition coefficient (Wildman–Crippen LogP) is 3.31. The van der Waals surface area contributed by atoms with Gasteiger partial charge in [-0.15, -0.1) is 21.5 Å². The minimum Gasteiger partial charge on any atom is -0.341 e. The molecule has 34 heavy (non-hydrogen) atoms. The number of rotatable bonds is 6. The molecule has 0 radical (unpaired) electrons. The van der Waals surface area contributed by atoms with Crippen LogP contribution in [0.1, 0.15) is 28.1 Å². The summed E-state index contributed by atoms with van der Waals surface area (Å²) in [5.74, 6) is 1.26. The van der Waals surface area contributed by atoms with E-state index < -0.39 is 0 Å². The first-order valence-electron chi connectivity index (χ1n) is 11.6. The SMILES string of the molecule is Cc1ccc(-n2c(SCC(=O)N3CCN(C(=O)c4cccs4)CC3)nnc2N2CCCC2)cc1. The lowest BCUT2D eigenvalue weighted by Crippen LogP contribution is -2.51. The van der Waals surface area contributed by atoms with Gasteiger partial charge >= 0.3 is 0 Å². The van der Waals surface area contributed by atoms with E-state index >= 15 is 0 Å². The van der Waals surface area contributed by atoms with E-state index in [1.54, 1.807) is 0 Å². The van der Waals surface area contributed by atoms with Crippen molar-refractivity contribution in [1.82, 2.24) is 24.6 Å². The molecule has 2 amide bonds. The highest BCUT2D eigenvalue weighted by molar-refractivity contribution is 7.99. The van der Waals surface area contributed by atoms with Crippen molar-refractivity contribution in [1.29, 1.82) is 0 Å². The highest BCUT2D eigenvalue weighted by Crippen LogP contribution is 2.29. The van der Waals surface area contributed by atoms with Crippen LogP contribution in [0.5, 0.6) is 0 Å². The molecule has 2 aliphatic heterocycles. The molecule has 0 bridgehead atoms. The van der Waals surface area contributed by atoms with Gasteiger partial charge < -0.3 is 14.7 Å². The monoisotopic (exact) mass is 496 g/mol. The van der Waals surface area contributed by atoms with Gasteiger partial charge in [0, 0.05) is 39.3 Å². The summed E-state index contributed by atoms with van der Waals surface area (Å²) in [6, 6.07) is 12.1. The van der Waals surface area contributed by atoms with Crippen molar-refractivity contribution in [3.63, 3.8) is 0 Å². The summed E-state index contributed by atoms with van der Waals surface area (Å²) in [7, 11) is 0. The molecular formula is C24H28N6O2S2. The quantitative estimate of drug-likeness (QED) is 0.488. The molecule has 2 aliphatic rings. The lowest BCUT2D eigenvalue weighted by Gasteiger charge is -2.34. The van der Waals surface area contributed by atoms with Crippen molar-refractivity contribution in [2.24, 2.45) is 0 Å². The number of piperazine rings is 1. The molecule has 0 atom stereocenters. The molecule has 1 aromatic carbocycles. The molecule has 10 heteroatoms. The lowest BCUT2D eigenvalue weighted by atomic mass is 10.2. The first kappa shape index (κ1) is 22.9. The molecule has 5 rings (SSSR count). The third-order valence-electron chi connectivity index (χ3n) is 6.27. The summed E-state index contributed by atoms with van der Waals surface area (Å²) >= 11 is 2.88. The van der Waals surface area contributed by atoms with Crippen molar-refractivity contribution in [3.05, 3.63) is 52.2 Å². The number of benzene rings is 1. The van der Waals surface area contributed by atoms with Crippen molar-refractivity contribution in [3.8, 4) is 5.69 Å². The zero-order valence-electron chi connectivity index (χ0n) is 19.2. The molecule has 2 fully saturated rings. The first-order valence-corrected chi connectivity index (χ1v) is 13.5. The second kappa shape index (κ2) is 10.2. The summed E-state index contributed by atoms with van der Waals surface area (Å²) in [6.07, 6.45) is 2.31. The molecule has 0 unspecified atom stereocenters. The number of thioether (sulfide) groups is 1. The van der Waals surface area contributed by atoms with Gasteiger partial charge in [-0.3, -0.25) is 14.2 Å². The van der Waals surface area contributed by atoms with Crippen LogP contribution in [0.15, 0.2) is 46.9 Å².